The van der Waals surface area contributed by atoms with Gasteiger partial charge in [-0.3, -0.25) is 9.59 Å². The number of likely N-dealkylation sites (tertiary alicyclic amines) is 1. The topological polar surface area (TPSA) is 64.1 Å². The van der Waals surface area contributed by atoms with Crippen LogP contribution >= 0.6 is 11.6 Å². The van der Waals surface area contributed by atoms with Crippen molar-refractivity contribution in [2.45, 2.75) is 44.9 Å². The van der Waals surface area contributed by atoms with E-state index >= 15 is 0 Å². The second-order valence-electron chi connectivity index (χ2n) is 10.6. The first-order valence-electron chi connectivity index (χ1n) is 13.1. The predicted octanol–water partition coefficient (Wildman–Crippen LogP) is 5.80. The maximum atomic E-state index is 12.7. The van der Waals surface area contributed by atoms with Crippen molar-refractivity contribution in [3.8, 4) is 0 Å². The number of piperidine rings is 1. The van der Waals surface area contributed by atoms with Gasteiger partial charge in [0, 0.05) is 46.5 Å². The van der Waals surface area contributed by atoms with Gasteiger partial charge >= 0.3 is 6.68 Å². The molecule has 1 aliphatic carbocycles. The van der Waals surface area contributed by atoms with Crippen LogP contribution in [0.25, 0.3) is 0 Å². The number of hydrogen-bond acceptors (Lipinski definition) is 4. The van der Waals surface area contributed by atoms with Gasteiger partial charge in [-0.2, -0.15) is 13.2 Å². The molecule has 2 aromatic carbocycles. The lowest BCUT2D eigenvalue weighted by Crippen LogP contribution is -2.42. The van der Waals surface area contributed by atoms with Gasteiger partial charge in [0.1, 0.15) is 0 Å². The molecule has 1 aliphatic heterocycles. The standard InChI is InChI=1S/C28H36ClN3O3.CHF3/c1-30(2)26(34)23-12-11-22(18-24(23)29)31(3)15-7-10-21-19-28(21)13-16-32(17-14-28)27(35)25(33)20-8-5-4-6-9-20;2-1(3)4/h4-6,8-9,11-12,18,21,25,33H,7,10,13-17,19H2,1-3H3;1H. The SMILES string of the molecule is CN(C)C(=O)c1ccc(N(C)CCCC2CC23CCN(C(=O)C(O)c2ccccc2)CC3)cc1Cl.FC(F)F. The van der Waals surface area contributed by atoms with E-state index in [2.05, 4.69) is 11.9 Å². The van der Waals surface area contributed by atoms with E-state index in [-0.39, 0.29) is 11.8 Å². The number of benzene rings is 2. The van der Waals surface area contributed by atoms with E-state index in [0.29, 0.717) is 21.6 Å². The largest absolute Gasteiger partial charge is 0.379 e. The Morgan fingerprint density at radius 2 is 1.69 bits per heavy atom. The van der Waals surface area contributed by atoms with Crippen LogP contribution in [-0.4, -0.2) is 74.2 Å². The van der Waals surface area contributed by atoms with Gasteiger partial charge in [-0.05, 0) is 67.2 Å². The van der Waals surface area contributed by atoms with Crippen molar-refractivity contribution in [2.75, 3.05) is 45.7 Å². The number of carbonyl (C=O) groups excluding carboxylic acids is 2. The predicted molar refractivity (Wildman–Crippen MR) is 147 cm³/mol. The van der Waals surface area contributed by atoms with Gasteiger partial charge in [-0.25, -0.2) is 0 Å². The van der Waals surface area contributed by atoms with Gasteiger partial charge in [0.25, 0.3) is 11.8 Å². The second kappa shape index (κ2) is 13.5. The summed E-state index contributed by atoms with van der Waals surface area (Å²) in [6.45, 7) is -1.27. The molecule has 39 heavy (non-hydrogen) atoms. The Bertz CT molecular complexity index is 1110. The van der Waals surface area contributed by atoms with Gasteiger partial charge in [0.05, 0.1) is 10.6 Å². The highest BCUT2D eigenvalue weighted by Crippen LogP contribution is 2.61. The van der Waals surface area contributed by atoms with Gasteiger partial charge in [0.15, 0.2) is 6.10 Å². The van der Waals surface area contributed by atoms with E-state index in [0.717, 1.165) is 50.5 Å². The van der Waals surface area contributed by atoms with Crippen molar-refractivity contribution in [1.82, 2.24) is 9.80 Å². The van der Waals surface area contributed by atoms with E-state index in [4.69, 9.17) is 11.6 Å². The highest BCUT2D eigenvalue weighted by Gasteiger charge is 2.54. The second-order valence-corrected chi connectivity index (χ2v) is 11.0. The van der Waals surface area contributed by atoms with Gasteiger partial charge in [-0.15, -0.1) is 0 Å². The monoisotopic (exact) mass is 567 g/mol. The number of amides is 2. The maximum absolute atomic E-state index is 12.7. The Labute approximate surface area is 233 Å². The quantitative estimate of drug-likeness (QED) is 0.438. The first-order valence-corrected chi connectivity index (χ1v) is 13.5. The number of alkyl halides is 3. The minimum absolute atomic E-state index is 0.0921. The van der Waals surface area contributed by atoms with Gasteiger partial charge < -0.3 is 19.8 Å². The highest BCUT2D eigenvalue weighted by molar-refractivity contribution is 6.34. The summed E-state index contributed by atoms with van der Waals surface area (Å²) >= 11 is 6.37. The molecule has 1 saturated carbocycles. The zero-order chi connectivity index (χ0) is 28.7. The highest BCUT2D eigenvalue weighted by atomic mass is 35.5. The minimum atomic E-state index is -3.67. The number of rotatable bonds is 8. The normalized spacial score (nSPS) is 18.3. The lowest BCUT2D eigenvalue weighted by molar-refractivity contribution is -0.142. The average molecular weight is 568 g/mol. The number of carbonyl (C=O) groups is 2. The van der Waals surface area contributed by atoms with E-state index in [1.807, 2.05) is 35.2 Å². The van der Waals surface area contributed by atoms with Crippen molar-refractivity contribution < 1.29 is 27.9 Å². The molecule has 6 nitrogen and oxygen atoms in total. The van der Waals surface area contributed by atoms with Crippen LogP contribution in [0.2, 0.25) is 5.02 Å². The summed E-state index contributed by atoms with van der Waals surface area (Å²) < 4.78 is 29.0. The Morgan fingerprint density at radius 1 is 1.08 bits per heavy atom. The molecule has 0 bridgehead atoms. The summed E-state index contributed by atoms with van der Waals surface area (Å²) in [6, 6.07) is 14.8. The molecule has 214 valence electrons. The first kappa shape index (κ1) is 30.8. The van der Waals surface area contributed by atoms with Crippen LogP contribution in [0.15, 0.2) is 48.5 Å². The number of hydrogen-bond donors (Lipinski definition) is 1. The van der Waals surface area contributed by atoms with E-state index in [1.165, 1.54) is 17.7 Å². The molecule has 1 N–H and O–H groups in total. The Kier molecular flexibility index (Phi) is 10.7. The molecule has 0 aromatic heterocycles. The van der Waals surface area contributed by atoms with Crippen molar-refractivity contribution in [1.29, 1.82) is 0 Å². The molecule has 2 atom stereocenters. The van der Waals surface area contributed by atoms with Gasteiger partial charge in [-0.1, -0.05) is 41.9 Å². The number of nitrogens with zero attached hydrogens (tertiary/aromatic N) is 3. The lowest BCUT2D eigenvalue weighted by Gasteiger charge is -2.34. The summed E-state index contributed by atoms with van der Waals surface area (Å²) in [5.41, 5.74) is 2.57. The van der Waals surface area contributed by atoms with Crippen LogP contribution < -0.4 is 4.90 Å². The average Bonchev–Trinajstić information content (AvgIpc) is 3.58. The molecule has 2 aromatic rings. The fraction of sp³-hybridized carbons (Fsp3) is 0.517. The molecule has 2 aliphatic rings. The van der Waals surface area contributed by atoms with Crippen molar-refractivity contribution >= 4 is 29.1 Å². The molecule has 2 unspecified atom stereocenters. The molecule has 10 heteroatoms. The van der Waals surface area contributed by atoms with Crippen molar-refractivity contribution in [2.24, 2.45) is 11.3 Å². The van der Waals surface area contributed by atoms with Crippen LogP contribution in [0, 0.1) is 11.3 Å². The third-order valence-electron chi connectivity index (χ3n) is 7.86. The molecule has 2 fully saturated rings. The van der Waals surface area contributed by atoms with Crippen molar-refractivity contribution in [3.05, 3.63) is 64.7 Å². The molecule has 1 saturated heterocycles. The van der Waals surface area contributed by atoms with Crippen LogP contribution in [0.5, 0.6) is 0 Å². The number of aliphatic hydroxyl groups is 1. The number of aliphatic hydroxyl groups excluding tert-OH is 1. The Hall–Kier alpha value is -2.78. The molecule has 2 amide bonds. The summed E-state index contributed by atoms with van der Waals surface area (Å²) in [5.74, 6) is 0.447. The number of anilines is 1. The van der Waals surface area contributed by atoms with E-state index in [9.17, 15) is 27.9 Å². The first-order chi connectivity index (χ1) is 18.4. The Morgan fingerprint density at radius 3 is 2.26 bits per heavy atom. The van der Waals surface area contributed by atoms with Crippen molar-refractivity contribution in [3.63, 3.8) is 0 Å². The number of halogens is 4. The van der Waals surface area contributed by atoms with Gasteiger partial charge in [0.2, 0.25) is 0 Å². The summed E-state index contributed by atoms with van der Waals surface area (Å²) in [4.78, 5) is 30.5. The molecular formula is C29H37ClF3N3O3. The third kappa shape index (κ3) is 8.11. The van der Waals surface area contributed by atoms with E-state index in [1.54, 1.807) is 32.3 Å². The van der Waals surface area contributed by atoms with E-state index < -0.39 is 12.8 Å². The molecule has 0 radical (unpaired) electrons. The summed E-state index contributed by atoms with van der Waals surface area (Å²) in [6.07, 6.45) is 4.49. The molecular weight excluding hydrogens is 531 g/mol. The fourth-order valence-electron chi connectivity index (χ4n) is 5.44. The minimum Gasteiger partial charge on any atom is -0.378 e. The zero-order valence-electron chi connectivity index (χ0n) is 22.6. The summed E-state index contributed by atoms with van der Waals surface area (Å²) in [7, 11) is 5.50. The molecule has 1 spiro atoms. The zero-order valence-corrected chi connectivity index (χ0v) is 23.4. The van der Waals surface area contributed by atoms with Crippen LogP contribution in [-0.2, 0) is 4.79 Å². The van der Waals surface area contributed by atoms with Crippen LogP contribution in [0.3, 0.4) is 0 Å². The molecule has 4 rings (SSSR count). The van der Waals surface area contributed by atoms with Crippen LogP contribution in [0.4, 0.5) is 18.9 Å². The summed E-state index contributed by atoms with van der Waals surface area (Å²) in [5, 5.41) is 10.9. The third-order valence-corrected chi connectivity index (χ3v) is 8.17. The molecule has 1 heterocycles. The fourth-order valence-corrected chi connectivity index (χ4v) is 5.69. The van der Waals surface area contributed by atoms with Crippen LogP contribution in [0.1, 0.15) is 54.1 Å². The Balaban J connectivity index is 0.000000983. The maximum Gasteiger partial charge on any atom is 0.379 e. The smallest absolute Gasteiger partial charge is 0.378 e. The lowest BCUT2D eigenvalue weighted by atomic mass is 9.89.